The second-order valence-corrected chi connectivity index (χ2v) is 10.6. The van der Waals surface area contributed by atoms with Crippen molar-refractivity contribution < 1.29 is 13.2 Å². The van der Waals surface area contributed by atoms with E-state index in [1.807, 2.05) is 0 Å². The molecule has 2 fully saturated rings. The van der Waals surface area contributed by atoms with E-state index in [0.717, 1.165) is 32.4 Å². The number of nitrogens with one attached hydrogen (secondary N) is 1. The van der Waals surface area contributed by atoms with Gasteiger partial charge >= 0.3 is 0 Å². The molecule has 0 saturated carbocycles. The molecular weight excluding hydrogens is 421 g/mol. The van der Waals surface area contributed by atoms with Gasteiger partial charge in [0.1, 0.15) is 0 Å². The minimum Gasteiger partial charge on any atom is -0.353 e. The van der Waals surface area contributed by atoms with Crippen molar-refractivity contribution in [3.8, 4) is 0 Å². The number of benzene rings is 1. The van der Waals surface area contributed by atoms with Gasteiger partial charge in [-0.2, -0.15) is 0 Å². The lowest BCUT2D eigenvalue weighted by atomic mass is 9.97. The summed E-state index contributed by atoms with van der Waals surface area (Å²) in [6.45, 7) is 2.63. The molecule has 0 aromatic heterocycles. The van der Waals surface area contributed by atoms with Crippen LogP contribution in [0.1, 0.15) is 31.2 Å². The Morgan fingerprint density at radius 2 is 1.86 bits per heavy atom. The Bertz CT molecular complexity index is 811. The molecule has 2 aliphatic heterocycles. The number of halogens is 2. The van der Waals surface area contributed by atoms with E-state index < -0.39 is 10.0 Å². The van der Waals surface area contributed by atoms with E-state index in [2.05, 4.69) is 17.3 Å². The van der Waals surface area contributed by atoms with E-state index in [4.69, 9.17) is 23.2 Å². The van der Waals surface area contributed by atoms with Crippen LogP contribution < -0.4 is 5.32 Å². The molecule has 0 bridgehead atoms. The third kappa shape index (κ3) is 5.60. The van der Waals surface area contributed by atoms with Crippen LogP contribution in [0.4, 0.5) is 0 Å². The van der Waals surface area contributed by atoms with Gasteiger partial charge in [-0.15, -0.1) is 0 Å². The summed E-state index contributed by atoms with van der Waals surface area (Å²) >= 11 is 11.9. The molecule has 1 amide bonds. The minimum absolute atomic E-state index is 0.0241. The van der Waals surface area contributed by atoms with Gasteiger partial charge in [0.2, 0.25) is 15.9 Å². The van der Waals surface area contributed by atoms with Crippen molar-refractivity contribution >= 4 is 39.1 Å². The molecule has 1 aromatic carbocycles. The summed E-state index contributed by atoms with van der Waals surface area (Å²) in [4.78, 5) is 14.9. The van der Waals surface area contributed by atoms with Crippen LogP contribution in [0.3, 0.4) is 0 Å². The number of amides is 1. The van der Waals surface area contributed by atoms with Gasteiger partial charge in [0.05, 0.1) is 21.7 Å². The third-order valence-electron chi connectivity index (χ3n) is 5.55. The molecule has 156 valence electrons. The SMILES string of the molecule is CN1CCC(NC(=O)[C@H]2CCCN(S(=O)(=O)Cc3ccc(Cl)c(Cl)c3)C2)CC1. The molecule has 1 atom stereocenters. The number of sulfonamides is 1. The van der Waals surface area contributed by atoms with Crippen LogP contribution in [0, 0.1) is 5.92 Å². The Morgan fingerprint density at radius 1 is 1.14 bits per heavy atom. The lowest BCUT2D eigenvalue weighted by Crippen LogP contribution is -2.49. The monoisotopic (exact) mass is 447 g/mol. The molecule has 1 N–H and O–H groups in total. The van der Waals surface area contributed by atoms with Crippen molar-refractivity contribution in [2.75, 3.05) is 33.2 Å². The number of carbonyl (C=O) groups is 1. The molecule has 9 heteroatoms. The molecule has 6 nitrogen and oxygen atoms in total. The maximum atomic E-state index is 12.9. The number of piperidine rings is 2. The summed E-state index contributed by atoms with van der Waals surface area (Å²) < 4.78 is 27.2. The molecule has 3 rings (SSSR count). The topological polar surface area (TPSA) is 69.7 Å². The third-order valence-corrected chi connectivity index (χ3v) is 8.10. The van der Waals surface area contributed by atoms with Crippen molar-refractivity contribution in [2.24, 2.45) is 5.92 Å². The second kappa shape index (κ2) is 9.30. The lowest BCUT2D eigenvalue weighted by Gasteiger charge is -2.34. The fourth-order valence-electron chi connectivity index (χ4n) is 3.81. The lowest BCUT2D eigenvalue weighted by molar-refractivity contribution is -0.127. The predicted molar refractivity (Wildman–Crippen MR) is 112 cm³/mol. The zero-order valence-electron chi connectivity index (χ0n) is 16.0. The molecule has 0 aliphatic carbocycles. The van der Waals surface area contributed by atoms with Crippen LogP contribution >= 0.6 is 23.2 Å². The van der Waals surface area contributed by atoms with Crippen LogP contribution in [-0.2, 0) is 20.6 Å². The maximum Gasteiger partial charge on any atom is 0.224 e. The van der Waals surface area contributed by atoms with E-state index in [0.29, 0.717) is 28.6 Å². The fraction of sp³-hybridized carbons (Fsp3) is 0.632. The Morgan fingerprint density at radius 3 is 2.54 bits per heavy atom. The van der Waals surface area contributed by atoms with Crippen LogP contribution in [0.15, 0.2) is 18.2 Å². The summed E-state index contributed by atoms with van der Waals surface area (Å²) in [7, 11) is -1.45. The highest BCUT2D eigenvalue weighted by molar-refractivity contribution is 7.88. The fourth-order valence-corrected chi connectivity index (χ4v) is 5.73. The first-order chi connectivity index (χ1) is 13.2. The minimum atomic E-state index is -3.53. The first kappa shape index (κ1) is 21.8. The molecule has 1 aromatic rings. The zero-order valence-corrected chi connectivity index (χ0v) is 18.4. The van der Waals surface area contributed by atoms with Crippen molar-refractivity contribution in [3.05, 3.63) is 33.8 Å². The molecular formula is C19H27Cl2N3O3S. The van der Waals surface area contributed by atoms with Gasteiger partial charge < -0.3 is 10.2 Å². The smallest absolute Gasteiger partial charge is 0.224 e. The summed E-state index contributed by atoms with van der Waals surface area (Å²) in [5.41, 5.74) is 0.590. The number of hydrogen-bond acceptors (Lipinski definition) is 4. The van der Waals surface area contributed by atoms with Gasteiger partial charge in [0.15, 0.2) is 0 Å². The van der Waals surface area contributed by atoms with Gasteiger partial charge in [-0.25, -0.2) is 12.7 Å². The highest BCUT2D eigenvalue weighted by Gasteiger charge is 2.33. The quantitative estimate of drug-likeness (QED) is 0.752. The van der Waals surface area contributed by atoms with E-state index in [-0.39, 0.29) is 30.2 Å². The molecule has 2 aliphatic rings. The number of likely N-dealkylation sites (tertiary alicyclic amines) is 1. The van der Waals surface area contributed by atoms with E-state index in [1.165, 1.54) is 4.31 Å². The number of rotatable bonds is 5. The van der Waals surface area contributed by atoms with Crippen LogP contribution in [0.25, 0.3) is 0 Å². The number of carbonyl (C=O) groups excluding carboxylic acids is 1. The zero-order chi connectivity index (χ0) is 20.3. The molecule has 28 heavy (non-hydrogen) atoms. The van der Waals surface area contributed by atoms with E-state index in [1.54, 1.807) is 18.2 Å². The summed E-state index contributed by atoms with van der Waals surface area (Å²) in [5.74, 6) is -0.464. The highest BCUT2D eigenvalue weighted by atomic mass is 35.5. The summed E-state index contributed by atoms with van der Waals surface area (Å²) in [6, 6.07) is 5.03. The van der Waals surface area contributed by atoms with Crippen LogP contribution in [-0.4, -0.2) is 62.8 Å². The normalized spacial score (nSPS) is 22.9. The molecule has 2 saturated heterocycles. The highest BCUT2D eigenvalue weighted by Crippen LogP contribution is 2.26. The van der Waals surface area contributed by atoms with Crippen molar-refractivity contribution in [1.82, 2.24) is 14.5 Å². The average molecular weight is 448 g/mol. The summed E-state index contributed by atoms with van der Waals surface area (Å²) in [6.07, 6.45) is 3.28. The Hall–Kier alpha value is -0.860. The van der Waals surface area contributed by atoms with Crippen molar-refractivity contribution in [3.63, 3.8) is 0 Å². The van der Waals surface area contributed by atoms with Crippen LogP contribution in [0.5, 0.6) is 0 Å². The second-order valence-electron chi connectivity index (χ2n) is 7.79. The van der Waals surface area contributed by atoms with Gasteiger partial charge in [-0.05, 0) is 63.5 Å². The van der Waals surface area contributed by atoms with Crippen LogP contribution in [0.2, 0.25) is 10.0 Å². The molecule has 0 radical (unpaired) electrons. The predicted octanol–water partition coefficient (Wildman–Crippen LogP) is 2.75. The molecule has 0 spiro atoms. The number of hydrogen-bond donors (Lipinski definition) is 1. The maximum absolute atomic E-state index is 12.9. The number of nitrogens with zero attached hydrogens (tertiary/aromatic N) is 2. The Balaban J connectivity index is 1.59. The largest absolute Gasteiger partial charge is 0.353 e. The van der Waals surface area contributed by atoms with E-state index in [9.17, 15) is 13.2 Å². The Labute approximate surface area is 177 Å². The van der Waals surface area contributed by atoms with Gasteiger partial charge in [-0.1, -0.05) is 29.3 Å². The Kier molecular flexibility index (Phi) is 7.26. The standard InChI is InChI=1S/C19H27Cl2N3O3S/c1-23-9-6-16(7-10-23)22-19(25)15-3-2-8-24(12-15)28(26,27)13-14-4-5-17(20)18(21)11-14/h4-5,11,15-16H,2-3,6-10,12-13H2,1H3,(H,22,25)/t15-/m0/s1. The first-order valence-electron chi connectivity index (χ1n) is 9.65. The van der Waals surface area contributed by atoms with Gasteiger partial charge in [-0.3, -0.25) is 4.79 Å². The molecule has 2 heterocycles. The van der Waals surface area contributed by atoms with Gasteiger partial charge in [0.25, 0.3) is 0 Å². The molecule has 0 unspecified atom stereocenters. The van der Waals surface area contributed by atoms with E-state index >= 15 is 0 Å². The van der Waals surface area contributed by atoms with Gasteiger partial charge in [0, 0.05) is 19.1 Å². The first-order valence-corrected chi connectivity index (χ1v) is 12.0. The average Bonchev–Trinajstić information content (AvgIpc) is 2.66. The summed E-state index contributed by atoms with van der Waals surface area (Å²) in [5, 5.41) is 3.86. The van der Waals surface area contributed by atoms with Crippen molar-refractivity contribution in [1.29, 1.82) is 0 Å². The van der Waals surface area contributed by atoms with Crippen molar-refractivity contribution in [2.45, 2.75) is 37.5 Å².